The average Bonchev–Trinajstić information content (AvgIpc) is 3.02. The van der Waals surface area contributed by atoms with Crippen LogP contribution in [0.15, 0.2) is 0 Å². The Morgan fingerprint density at radius 1 is 1.52 bits per heavy atom. The van der Waals surface area contributed by atoms with Crippen LogP contribution in [0.25, 0.3) is 0 Å². The lowest BCUT2D eigenvalue weighted by Crippen LogP contribution is -2.27. The molecule has 0 bridgehead atoms. The van der Waals surface area contributed by atoms with Crippen molar-refractivity contribution < 1.29 is 14.3 Å². The number of thiophene rings is 1. The molecule has 1 aromatic rings. The van der Waals surface area contributed by atoms with Crippen LogP contribution in [0.5, 0.6) is 0 Å². The van der Waals surface area contributed by atoms with Gasteiger partial charge in [0.25, 0.3) is 5.91 Å². The normalized spacial score (nSPS) is 17.9. The number of ether oxygens (including phenoxy) is 1. The zero-order chi connectivity index (χ0) is 15.6. The molecular weight excluding hydrogens is 292 g/mol. The van der Waals surface area contributed by atoms with Gasteiger partial charge in [0.05, 0.1) is 12.3 Å². The minimum atomic E-state index is -0.503. The first-order valence-electron chi connectivity index (χ1n) is 6.81. The summed E-state index contributed by atoms with van der Waals surface area (Å²) < 4.78 is 5.06. The van der Waals surface area contributed by atoms with Crippen molar-refractivity contribution in [3.63, 3.8) is 0 Å². The molecule has 1 aliphatic rings. The molecule has 2 rings (SSSR count). The summed E-state index contributed by atoms with van der Waals surface area (Å²) in [6, 6.07) is 0.0619. The molecule has 0 spiro atoms. The minimum Gasteiger partial charge on any atom is -0.462 e. The molecule has 21 heavy (non-hydrogen) atoms. The van der Waals surface area contributed by atoms with Crippen molar-refractivity contribution in [3.8, 4) is 0 Å². The van der Waals surface area contributed by atoms with Gasteiger partial charge in [-0.3, -0.25) is 4.79 Å². The molecule has 1 amide bonds. The highest BCUT2D eigenvalue weighted by molar-refractivity contribution is 7.19. The lowest BCUT2D eigenvalue weighted by Gasteiger charge is -2.17. The van der Waals surface area contributed by atoms with Crippen molar-refractivity contribution in [2.75, 3.05) is 37.4 Å². The van der Waals surface area contributed by atoms with Gasteiger partial charge >= 0.3 is 5.97 Å². The molecule has 1 fully saturated rings. The van der Waals surface area contributed by atoms with Crippen LogP contribution in [-0.2, 0) is 4.74 Å². The molecule has 1 aliphatic heterocycles. The summed E-state index contributed by atoms with van der Waals surface area (Å²) in [5.41, 5.74) is 12.4. The number of nitrogen functional groups attached to an aromatic ring is 1. The number of carbonyl (C=O) groups excluding carboxylic acids is 2. The maximum Gasteiger partial charge on any atom is 0.343 e. The van der Waals surface area contributed by atoms with Crippen molar-refractivity contribution in [3.05, 3.63) is 10.4 Å². The van der Waals surface area contributed by atoms with Gasteiger partial charge in [-0.2, -0.15) is 0 Å². The summed E-state index contributed by atoms with van der Waals surface area (Å²) in [5.74, 6) is -0.810. The molecule has 1 atom stereocenters. The van der Waals surface area contributed by atoms with Crippen LogP contribution >= 0.6 is 11.3 Å². The molecule has 2 heterocycles. The zero-order valence-electron chi connectivity index (χ0n) is 12.1. The van der Waals surface area contributed by atoms with Gasteiger partial charge in [0.15, 0.2) is 0 Å². The van der Waals surface area contributed by atoms with E-state index in [0.717, 1.165) is 13.0 Å². The third-order valence-corrected chi connectivity index (χ3v) is 4.62. The van der Waals surface area contributed by atoms with Crippen molar-refractivity contribution in [2.24, 2.45) is 5.73 Å². The third kappa shape index (κ3) is 2.96. The van der Waals surface area contributed by atoms with Gasteiger partial charge in [0.1, 0.15) is 15.4 Å². The quantitative estimate of drug-likeness (QED) is 0.694. The van der Waals surface area contributed by atoms with Crippen LogP contribution in [-0.4, -0.2) is 44.7 Å². The number of rotatable bonds is 4. The van der Waals surface area contributed by atoms with Crippen LogP contribution in [0, 0.1) is 0 Å². The van der Waals surface area contributed by atoms with Crippen molar-refractivity contribution in [1.29, 1.82) is 0 Å². The van der Waals surface area contributed by atoms with Crippen LogP contribution in [0.2, 0.25) is 0 Å². The molecule has 0 radical (unpaired) electrons. The Balaban J connectivity index is 2.46. The molecule has 0 aliphatic carbocycles. The number of amides is 1. The van der Waals surface area contributed by atoms with Gasteiger partial charge in [-0.15, -0.1) is 11.3 Å². The van der Waals surface area contributed by atoms with E-state index in [4.69, 9.17) is 16.2 Å². The van der Waals surface area contributed by atoms with Crippen LogP contribution in [0.1, 0.15) is 33.4 Å². The summed E-state index contributed by atoms with van der Waals surface area (Å²) in [6.07, 6.45) is 0.843. The maximum absolute atomic E-state index is 12.2. The van der Waals surface area contributed by atoms with E-state index in [2.05, 4.69) is 5.32 Å². The van der Waals surface area contributed by atoms with Crippen LogP contribution in [0.4, 0.5) is 10.7 Å². The predicted octanol–water partition coefficient (Wildman–Crippen LogP) is 0.404. The van der Waals surface area contributed by atoms with E-state index in [-0.39, 0.29) is 29.8 Å². The Bertz CT molecular complexity index is 558. The summed E-state index contributed by atoms with van der Waals surface area (Å²) in [7, 11) is 1.52. The summed E-state index contributed by atoms with van der Waals surface area (Å²) in [6.45, 7) is 3.36. The molecule has 116 valence electrons. The van der Waals surface area contributed by atoms with Gasteiger partial charge in [0.2, 0.25) is 0 Å². The Morgan fingerprint density at radius 3 is 2.76 bits per heavy atom. The maximum atomic E-state index is 12.2. The molecule has 7 nitrogen and oxygen atoms in total. The molecule has 5 N–H and O–H groups in total. The van der Waals surface area contributed by atoms with Crippen LogP contribution in [0.3, 0.4) is 0 Å². The van der Waals surface area contributed by atoms with Gasteiger partial charge in [-0.25, -0.2) is 4.79 Å². The second-order valence-electron chi connectivity index (χ2n) is 4.82. The molecule has 1 saturated heterocycles. The van der Waals surface area contributed by atoms with Crippen molar-refractivity contribution in [2.45, 2.75) is 19.4 Å². The number of nitrogens with two attached hydrogens (primary N) is 2. The van der Waals surface area contributed by atoms with Crippen molar-refractivity contribution in [1.82, 2.24) is 5.32 Å². The van der Waals surface area contributed by atoms with E-state index in [1.165, 1.54) is 18.4 Å². The van der Waals surface area contributed by atoms with Gasteiger partial charge in [0, 0.05) is 26.2 Å². The Morgan fingerprint density at radius 2 is 2.24 bits per heavy atom. The highest BCUT2D eigenvalue weighted by Crippen LogP contribution is 2.40. The van der Waals surface area contributed by atoms with Crippen molar-refractivity contribution >= 4 is 33.9 Å². The molecule has 8 heteroatoms. The van der Waals surface area contributed by atoms with E-state index >= 15 is 0 Å². The second kappa shape index (κ2) is 6.31. The number of anilines is 2. The predicted molar refractivity (Wildman–Crippen MR) is 82.9 cm³/mol. The lowest BCUT2D eigenvalue weighted by atomic mass is 10.2. The van der Waals surface area contributed by atoms with E-state index in [1.54, 1.807) is 6.92 Å². The molecular formula is C13H20N4O3S. The smallest absolute Gasteiger partial charge is 0.343 e. The molecule has 0 aromatic carbocycles. The first kappa shape index (κ1) is 15.6. The summed E-state index contributed by atoms with van der Waals surface area (Å²) >= 11 is 1.20. The Labute approximate surface area is 127 Å². The SMILES string of the molecule is CCOC(=O)c1c(N2CCC(N)C2)sc(C(=O)NC)c1N. The minimum absolute atomic E-state index is 0.0619. The fraction of sp³-hybridized carbons (Fsp3) is 0.538. The van der Waals surface area contributed by atoms with E-state index in [9.17, 15) is 9.59 Å². The standard InChI is InChI=1S/C13H20N4O3S/c1-3-20-13(19)8-9(15)10(11(18)16-2)21-12(8)17-5-4-7(14)6-17/h7H,3-6,14-15H2,1-2H3,(H,16,18). The largest absolute Gasteiger partial charge is 0.462 e. The van der Waals surface area contributed by atoms with E-state index < -0.39 is 5.97 Å². The number of hydrogen-bond donors (Lipinski definition) is 3. The number of nitrogens with one attached hydrogen (secondary N) is 1. The first-order valence-corrected chi connectivity index (χ1v) is 7.63. The Kier molecular flexibility index (Phi) is 4.69. The lowest BCUT2D eigenvalue weighted by molar-refractivity contribution is 0.0529. The number of nitrogens with zero attached hydrogens (tertiary/aromatic N) is 1. The highest BCUT2D eigenvalue weighted by Gasteiger charge is 2.31. The Hall–Kier alpha value is -1.80. The number of carbonyl (C=O) groups is 2. The summed E-state index contributed by atoms with van der Waals surface area (Å²) in [5, 5.41) is 3.19. The molecule has 1 unspecified atom stereocenters. The van der Waals surface area contributed by atoms with Crippen LogP contribution < -0.4 is 21.7 Å². The molecule has 1 aromatic heterocycles. The van der Waals surface area contributed by atoms with Gasteiger partial charge in [-0.1, -0.05) is 0 Å². The van der Waals surface area contributed by atoms with E-state index in [1.807, 2.05) is 4.90 Å². The fourth-order valence-electron chi connectivity index (χ4n) is 2.31. The topological polar surface area (TPSA) is 111 Å². The fourth-order valence-corrected chi connectivity index (χ4v) is 3.50. The summed E-state index contributed by atoms with van der Waals surface area (Å²) in [4.78, 5) is 26.4. The number of hydrogen-bond acceptors (Lipinski definition) is 7. The highest BCUT2D eigenvalue weighted by atomic mass is 32.1. The first-order chi connectivity index (χ1) is 9.99. The third-order valence-electron chi connectivity index (χ3n) is 3.35. The number of esters is 1. The van der Waals surface area contributed by atoms with Gasteiger partial charge < -0.3 is 26.4 Å². The monoisotopic (exact) mass is 312 g/mol. The van der Waals surface area contributed by atoms with Gasteiger partial charge in [-0.05, 0) is 13.3 Å². The molecule has 0 saturated carbocycles. The zero-order valence-corrected chi connectivity index (χ0v) is 13.0. The van der Waals surface area contributed by atoms with E-state index in [0.29, 0.717) is 16.4 Å². The second-order valence-corrected chi connectivity index (χ2v) is 5.82. The average molecular weight is 312 g/mol.